The van der Waals surface area contributed by atoms with Crippen molar-refractivity contribution < 1.29 is 14.9 Å². The molecule has 4 nitrogen and oxygen atoms in total. The number of hydrogen-bond donors (Lipinski definition) is 3. The van der Waals surface area contributed by atoms with Crippen LogP contribution in [0.15, 0.2) is 47.8 Å². The number of nitrogens with one attached hydrogen (secondary N) is 1. The van der Waals surface area contributed by atoms with Crippen LogP contribution in [0.3, 0.4) is 0 Å². The molecule has 0 unspecified atom stereocenters. The third kappa shape index (κ3) is 3.41. The Balaban J connectivity index is 1.97. The second-order valence-corrected chi connectivity index (χ2v) is 6.31. The number of benzene rings is 2. The van der Waals surface area contributed by atoms with Crippen molar-refractivity contribution in [3.05, 3.63) is 52.7 Å². The average Bonchev–Trinajstić information content (AvgIpc) is 3.08. The molecule has 0 saturated heterocycles. The molecule has 120 valence electrons. The van der Waals surface area contributed by atoms with Crippen LogP contribution in [0, 0.1) is 0 Å². The number of ether oxygens (including phenoxy) is 1. The summed E-state index contributed by atoms with van der Waals surface area (Å²) in [6.07, 6.45) is 0.793. The Morgan fingerprint density at radius 1 is 1.13 bits per heavy atom. The summed E-state index contributed by atoms with van der Waals surface area (Å²) < 4.78 is 6.25. The Morgan fingerprint density at radius 2 is 2.00 bits per heavy atom. The van der Waals surface area contributed by atoms with Gasteiger partial charge in [-0.15, -0.1) is 11.3 Å². The number of rotatable bonds is 6. The molecule has 1 heterocycles. The highest BCUT2D eigenvalue weighted by Crippen LogP contribution is 2.37. The molecule has 0 aliphatic carbocycles. The highest BCUT2D eigenvalue weighted by atomic mass is 32.1. The van der Waals surface area contributed by atoms with Crippen molar-refractivity contribution in [1.82, 2.24) is 5.32 Å². The lowest BCUT2D eigenvalue weighted by Gasteiger charge is -2.19. The van der Waals surface area contributed by atoms with Crippen molar-refractivity contribution >= 4 is 22.1 Å². The predicted molar refractivity (Wildman–Crippen MR) is 93.5 cm³/mol. The van der Waals surface area contributed by atoms with Gasteiger partial charge in [0.1, 0.15) is 23.4 Å². The van der Waals surface area contributed by atoms with Crippen molar-refractivity contribution in [3.63, 3.8) is 0 Å². The van der Waals surface area contributed by atoms with Gasteiger partial charge in [0.05, 0.1) is 0 Å². The molecule has 2 aromatic carbocycles. The van der Waals surface area contributed by atoms with Gasteiger partial charge in [0.25, 0.3) is 0 Å². The van der Waals surface area contributed by atoms with Crippen molar-refractivity contribution in [2.24, 2.45) is 0 Å². The lowest BCUT2D eigenvalue weighted by Crippen LogP contribution is -2.15. The summed E-state index contributed by atoms with van der Waals surface area (Å²) in [5, 5.41) is 26.2. The first-order valence-corrected chi connectivity index (χ1v) is 8.36. The van der Waals surface area contributed by atoms with Crippen molar-refractivity contribution in [2.45, 2.75) is 12.5 Å². The number of fused-ring (bicyclic) bond motifs is 1. The summed E-state index contributed by atoms with van der Waals surface area (Å²) in [4.78, 5) is 1.17. The summed E-state index contributed by atoms with van der Waals surface area (Å²) in [5.74, 6) is 0.952. The summed E-state index contributed by atoms with van der Waals surface area (Å²) in [6.45, 7) is 0.847. The molecule has 0 fully saturated rings. The number of phenolic OH excluding ortho intramolecular Hbond substituents is 2. The van der Waals surface area contributed by atoms with Gasteiger partial charge in [-0.3, -0.25) is 0 Å². The summed E-state index contributed by atoms with van der Waals surface area (Å²) in [5.41, 5.74) is 0. The first-order chi connectivity index (χ1) is 11.2. The van der Waals surface area contributed by atoms with Crippen molar-refractivity contribution in [2.75, 3.05) is 13.6 Å². The van der Waals surface area contributed by atoms with Gasteiger partial charge >= 0.3 is 0 Å². The van der Waals surface area contributed by atoms with E-state index in [0.717, 1.165) is 18.4 Å². The second kappa shape index (κ2) is 6.89. The normalized spacial score (nSPS) is 12.4. The van der Waals surface area contributed by atoms with Gasteiger partial charge in [0.15, 0.2) is 0 Å². The number of thiophene rings is 1. The Bertz CT molecular complexity index is 786. The Labute approximate surface area is 139 Å². The third-order valence-corrected chi connectivity index (χ3v) is 4.69. The zero-order valence-corrected chi connectivity index (χ0v) is 13.6. The SMILES string of the molecule is CNCC[C@H](Oc1ccc(O)c2cc(O)ccc12)c1cccs1. The maximum atomic E-state index is 10.0. The highest BCUT2D eigenvalue weighted by molar-refractivity contribution is 7.10. The molecule has 3 aromatic rings. The first kappa shape index (κ1) is 15.6. The van der Waals surface area contributed by atoms with Gasteiger partial charge in [-0.2, -0.15) is 0 Å². The van der Waals surface area contributed by atoms with E-state index in [9.17, 15) is 10.2 Å². The zero-order valence-electron chi connectivity index (χ0n) is 12.8. The molecular formula is C18H19NO3S. The van der Waals surface area contributed by atoms with Crippen molar-refractivity contribution in [1.29, 1.82) is 0 Å². The maximum Gasteiger partial charge on any atom is 0.134 e. The molecule has 1 aromatic heterocycles. The predicted octanol–water partition coefficient (Wildman–Crippen LogP) is 4.04. The molecule has 3 N–H and O–H groups in total. The van der Waals surface area contributed by atoms with Crippen LogP contribution in [0.2, 0.25) is 0 Å². The van der Waals surface area contributed by atoms with E-state index < -0.39 is 0 Å². The fraction of sp³-hybridized carbons (Fsp3) is 0.222. The van der Waals surface area contributed by atoms with Crippen LogP contribution in [-0.4, -0.2) is 23.8 Å². The zero-order chi connectivity index (χ0) is 16.2. The van der Waals surface area contributed by atoms with Crippen LogP contribution in [0.4, 0.5) is 0 Å². The summed E-state index contributed by atoms with van der Waals surface area (Å²) in [7, 11) is 1.92. The minimum absolute atomic E-state index is 0.0519. The van der Waals surface area contributed by atoms with Crippen LogP contribution in [0.1, 0.15) is 17.4 Å². The van der Waals surface area contributed by atoms with Gasteiger partial charge in [-0.25, -0.2) is 0 Å². The minimum atomic E-state index is -0.0519. The molecule has 0 bridgehead atoms. The summed E-state index contributed by atoms with van der Waals surface area (Å²) >= 11 is 1.67. The fourth-order valence-electron chi connectivity index (χ4n) is 2.56. The van der Waals surface area contributed by atoms with Crippen LogP contribution >= 0.6 is 11.3 Å². The molecular weight excluding hydrogens is 310 g/mol. The quantitative estimate of drug-likeness (QED) is 0.639. The fourth-order valence-corrected chi connectivity index (χ4v) is 3.35. The summed E-state index contributed by atoms with van der Waals surface area (Å²) in [6, 6.07) is 12.4. The Kier molecular flexibility index (Phi) is 4.69. The molecule has 0 saturated carbocycles. The van der Waals surface area contributed by atoms with Gasteiger partial charge in [-0.1, -0.05) is 6.07 Å². The largest absolute Gasteiger partial charge is 0.508 e. The van der Waals surface area contributed by atoms with Crippen molar-refractivity contribution in [3.8, 4) is 17.2 Å². The third-order valence-electron chi connectivity index (χ3n) is 3.72. The highest BCUT2D eigenvalue weighted by Gasteiger charge is 2.16. The topological polar surface area (TPSA) is 61.7 Å². The van der Waals surface area contributed by atoms with Crippen LogP contribution < -0.4 is 10.1 Å². The van der Waals surface area contributed by atoms with Crippen LogP contribution in [-0.2, 0) is 0 Å². The molecule has 0 spiro atoms. The van der Waals surface area contributed by atoms with Crippen LogP contribution in [0.5, 0.6) is 17.2 Å². The molecule has 0 aliphatic rings. The van der Waals surface area contributed by atoms with Gasteiger partial charge < -0.3 is 20.3 Å². The van der Waals surface area contributed by atoms with E-state index in [1.165, 1.54) is 4.88 Å². The van der Waals surface area contributed by atoms with E-state index in [1.54, 1.807) is 41.7 Å². The molecule has 3 rings (SSSR count). The molecule has 0 aliphatic heterocycles. The minimum Gasteiger partial charge on any atom is -0.508 e. The molecule has 23 heavy (non-hydrogen) atoms. The molecule has 0 amide bonds. The second-order valence-electron chi connectivity index (χ2n) is 5.33. The van der Waals surface area contributed by atoms with E-state index in [1.807, 2.05) is 18.5 Å². The molecule has 0 radical (unpaired) electrons. The van der Waals surface area contributed by atoms with Gasteiger partial charge in [0, 0.05) is 22.1 Å². The smallest absolute Gasteiger partial charge is 0.134 e. The Hall–Kier alpha value is -2.24. The maximum absolute atomic E-state index is 10.0. The molecule has 5 heteroatoms. The van der Waals surface area contributed by atoms with E-state index in [4.69, 9.17) is 4.74 Å². The van der Waals surface area contributed by atoms with Crippen LogP contribution in [0.25, 0.3) is 10.8 Å². The monoisotopic (exact) mass is 329 g/mol. The Morgan fingerprint density at radius 3 is 2.74 bits per heavy atom. The average molecular weight is 329 g/mol. The lowest BCUT2D eigenvalue weighted by molar-refractivity contribution is 0.201. The van der Waals surface area contributed by atoms with E-state index >= 15 is 0 Å². The van der Waals surface area contributed by atoms with E-state index in [2.05, 4.69) is 11.4 Å². The van der Waals surface area contributed by atoms with E-state index in [0.29, 0.717) is 11.1 Å². The number of hydrogen-bond acceptors (Lipinski definition) is 5. The van der Waals surface area contributed by atoms with E-state index in [-0.39, 0.29) is 17.6 Å². The number of aromatic hydroxyl groups is 2. The van der Waals surface area contributed by atoms with Gasteiger partial charge in [-0.05, 0) is 55.4 Å². The molecule has 1 atom stereocenters. The first-order valence-electron chi connectivity index (χ1n) is 7.48. The van der Waals surface area contributed by atoms with Gasteiger partial charge in [0.2, 0.25) is 0 Å². The number of phenols is 2. The lowest BCUT2D eigenvalue weighted by atomic mass is 10.1. The standard InChI is InChI=1S/C18H19NO3S/c1-19-9-8-17(18-3-2-10-23-18)22-16-7-6-15(21)14-11-12(20)4-5-13(14)16/h2-7,10-11,17,19-21H,8-9H2,1H3/t17-/m0/s1.